The highest BCUT2D eigenvalue weighted by molar-refractivity contribution is 5.23. The molecule has 0 saturated carbocycles. The second-order valence-corrected chi connectivity index (χ2v) is 3.72. The van der Waals surface area contributed by atoms with Gasteiger partial charge < -0.3 is 15.5 Å². The molecule has 0 bridgehead atoms. The molecule has 1 atom stereocenters. The minimum Gasteiger partial charge on any atom is -0.390 e. The maximum absolute atomic E-state index is 5.35. The van der Waals surface area contributed by atoms with Crippen molar-refractivity contribution in [2.75, 3.05) is 11.1 Å². The monoisotopic (exact) mass is 212 g/mol. The van der Waals surface area contributed by atoms with E-state index in [1.807, 2.05) is 0 Å². The molecule has 0 aromatic carbocycles. The fourth-order valence-electron chi connectivity index (χ4n) is 1.56. The summed E-state index contributed by atoms with van der Waals surface area (Å²) in [6, 6.07) is 0.958. The summed E-state index contributed by atoms with van der Waals surface area (Å²) in [6.07, 6.45) is 5.80. The molecule has 1 unspecified atom stereocenters. The summed E-state index contributed by atoms with van der Waals surface area (Å²) in [5.41, 5.74) is 5.35. The smallest absolute Gasteiger partial charge is 0.317 e. The fourth-order valence-corrected chi connectivity index (χ4v) is 1.56. The molecule has 0 spiro atoms. The lowest BCUT2D eigenvalue weighted by Crippen LogP contribution is -2.19. The maximum Gasteiger partial charge on any atom is 0.317 e. The van der Waals surface area contributed by atoms with Gasteiger partial charge in [-0.15, -0.1) is 0 Å². The Morgan fingerprint density at radius 2 is 2.07 bits per heavy atom. The van der Waals surface area contributed by atoms with Gasteiger partial charge in [-0.25, -0.2) is 0 Å². The van der Waals surface area contributed by atoms with E-state index in [-0.39, 0.29) is 6.01 Å². The van der Waals surface area contributed by atoms with E-state index in [2.05, 4.69) is 29.4 Å². The second-order valence-electron chi connectivity index (χ2n) is 3.72. The van der Waals surface area contributed by atoms with Gasteiger partial charge in [0.05, 0.1) is 0 Å². The summed E-state index contributed by atoms with van der Waals surface area (Å²) >= 11 is 0. The van der Waals surface area contributed by atoms with Crippen LogP contribution in [0, 0.1) is 0 Å². The highest BCUT2D eigenvalue weighted by Crippen LogP contribution is 2.14. The van der Waals surface area contributed by atoms with E-state index < -0.39 is 0 Å². The van der Waals surface area contributed by atoms with Gasteiger partial charge in [0.1, 0.15) is 0 Å². The van der Waals surface area contributed by atoms with E-state index in [0.717, 1.165) is 19.3 Å². The lowest BCUT2D eigenvalue weighted by atomic mass is 10.1. The molecule has 1 heterocycles. The third-order valence-corrected chi connectivity index (χ3v) is 2.31. The molecule has 86 valence electrons. The predicted molar refractivity (Wildman–Crippen MR) is 60.6 cm³/mol. The Bertz CT molecular complexity index is 274. The van der Waals surface area contributed by atoms with E-state index in [0.29, 0.717) is 12.1 Å². The van der Waals surface area contributed by atoms with Crippen LogP contribution in [0.25, 0.3) is 0 Å². The van der Waals surface area contributed by atoms with Gasteiger partial charge in [0.2, 0.25) is 0 Å². The van der Waals surface area contributed by atoms with Crippen molar-refractivity contribution >= 4 is 12.0 Å². The predicted octanol–water partition coefficient (Wildman–Crippen LogP) is 2.42. The van der Waals surface area contributed by atoms with E-state index in [1.165, 1.54) is 12.8 Å². The first-order chi connectivity index (χ1) is 7.26. The van der Waals surface area contributed by atoms with Crippen LogP contribution in [0.15, 0.2) is 4.42 Å². The highest BCUT2D eigenvalue weighted by atomic mass is 16.4. The SMILES string of the molecule is CCCCC(CCC)Nc1nnc(N)o1. The largest absolute Gasteiger partial charge is 0.390 e. The maximum atomic E-state index is 5.35. The van der Waals surface area contributed by atoms with Crippen molar-refractivity contribution in [3.63, 3.8) is 0 Å². The minimum atomic E-state index is 0.114. The number of nitrogens with two attached hydrogens (primary N) is 1. The standard InChI is InChI=1S/C10H20N4O/c1-3-5-7-8(6-4-2)12-10-14-13-9(11)15-10/h8H,3-7H2,1-2H3,(H2,11,13)(H,12,14). The lowest BCUT2D eigenvalue weighted by Gasteiger charge is -2.15. The lowest BCUT2D eigenvalue weighted by molar-refractivity contribution is 0.525. The Morgan fingerprint density at radius 1 is 1.27 bits per heavy atom. The molecule has 5 heteroatoms. The Morgan fingerprint density at radius 3 is 2.60 bits per heavy atom. The van der Waals surface area contributed by atoms with Crippen LogP contribution in [0.1, 0.15) is 46.0 Å². The average molecular weight is 212 g/mol. The molecule has 3 N–H and O–H groups in total. The Kier molecular flexibility index (Phi) is 4.93. The highest BCUT2D eigenvalue weighted by Gasteiger charge is 2.10. The zero-order valence-electron chi connectivity index (χ0n) is 9.49. The number of anilines is 2. The second kappa shape index (κ2) is 6.27. The normalized spacial score (nSPS) is 12.7. The number of aromatic nitrogens is 2. The van der Waals surface area contributed by atoms with Crippen molar-refractivity contribution in [3.05, 3.63) is 0 Å². The summed E-state index contributed by atoms with van der Waals surface area (Å²) in [7, 11) is 0. The first kappa shape index (κ1) is 11.8. The molecule has 0 fully saturated rings. The summed E-state index contributed by atoms with van der Waals surface area (Å²) in [5, 5.41) is 10.6. The molecule has 1 aromatic heterocycles. The van der Waals surface area contributed by atoms with Crippen molar-refractivity contribution in [2.45, 2.75) is 52.0 Å². The molecule has 0 aliphatic carbocycles. The quantitative estimate of drug-likeness (QED) is 0.725. The van der Waals surface area contributed by atoms with Gasteiger partial charge in [0.15, 0.2) is 0 Å². The van der Waals surface area contributed by atoms with Gasteiger partial charge in [-0.3, -0.25) is 0 Å². The van der Waals surface area contributed by atoms with Crippen LogP contribution in [0.5, 0.6) is 0 Å². The van der Waals surface area contributed by atoms with Gasteiger partial charge in [-0.1, -0.05) is 43.3 Å². The Balaban J connectivity index is 2.42. The first-order valence-corrected chi connectivity index (χ1v) is 5.61. The molecule has 0 radical (unpaired) electrons. The molecule has 1 rings (SSSR count). The zero-order valence-corrected chi connectivity index (χ0v) is 9.49. The summed E-state index contributed by atoms with van der Waals surface area (Å²) in [6.45, 7) is 4.36. The van der Waals surface area contributed by atoms with E-state index in [1.54, 1.807) is 0 Å². The number of nitrogens with zero attached hydrogens (tertiary/aromatic N) is 2. The van der Waals surface area contributed by atoms with E-state index >= 15 is 0 Å². The summed E-state index contributed by atoms with van der Waals surface area (Å²) in [5.74, 6) is 0. The molecule has 0 aliphatic rings. The summed E-state index contributed by atoms with van der Waals surface area (Å²) in [4.78, 5) is 0. The molecule has 15 heavy (non-hydrogen) atoms. The van der Waals surface area contributed by atoms with Crippen LogP contribution in [0.3, 0.4) is 0 Å². The van der Waals surface area contributed by atoms with Crippen LogP contribution < -0.4 is 11.1 Å². The molecule has 0 amide bonds. The number of hydrogen-bond acceptors (Lipinski definition) is 5. The zero-order chi connectivity index (χ0) is 11.1. The first-order valence-electron chi connectivity index (χ1n) is 5.61. The van der Waals surface area contributed by atoms with Crippen molar-refractivity contribution < 1.29 is 4.42 Å². The van der Waals surface area contributed by atoms with E-state index in [4.69, 9.17) is 10.2 Å². The average Bonchev–Trinajstić information content (AvgIpc) is 2.61. The van der Waals surface area contributed by atoms with Crippen LogP contribution in [-0.4, -0.2) is 16.2 Å². The van der Waals surface area contributed by atoms with Gasteiger partial charge in [-0.05, 0) is 12.8 Å². The van der Waals surface area contributed by atoms with Crippen molar-refractivity contribution in [3.8, 4) is 0 Å². The van der Waals surface area contributed by atoms with Gasteiger partial charge in [0, 0.05) is 6.04 Å². The summed E-state index contributed by atoms with van der Waals surface area (Å²) < 4.78 is 5.08. The van der Waals surface area contributed by atoms with Gasteiger partial charge in [0.25, 0.3) is 0 Å². The minimum absolute atomic E-state index is 0.114. The van der Waals surface area contributed by atoms with Crippen molar-refractivity contribution in [1.82, 2.24) is 10.2 Å². The third kappa shape index (κ3) is 4.18. The van der Waals surface area contributed by atoms with Crippen molar-refractivity contribution in [2.24, 2.45) is 0 Å². The van der Waals surface area contributed by atoms with Gasteiger partial charge >= 0.3 is 12.0 Å². The number of nitrogens with one attached hydrogen (secondary N) is 1. The number of unbranched alkanes of at least 4 members (excludes halogenated alkanes) is 1. The van der Waals surface area contributed by atoms with Gasteiger partial charge in [-0.2, -0.15) is 0 Å². The third-order valence-electron chi connectivity index (χ3n) is 2.31. The molecule has 0 saturated heterocycles. The molecule has 0 aliphatic heterocycles. The molecule has 1 aromatic rings. The van der Waals surface area contributed by atoms with Crippen LogP contribution >= 0.6 is 0 Å². The Labute approximate surface area is 90.4 Å². The van der Waals surface area contributed by atoms with E-state index in [9.17, 15) is 0 Å². The van der Waals surface area contributed by atoms with Crippen LogP contribution in [0.2, 0.25) is 0 Å². The number of rotatable bonds is 7. The van der Waals surface area contributed by atoms with Crippen LogP contribution in [-0.2, 0) is 0 Å². The molecular formula is C10H20N4O. The van der Waals surface area contributed by atoms with Crippen LogP contribution in [0.4, 0.5) is 12.0 Å². The topological polar surface area (TPSA) is 77.0 Å². The molecular weight excluding hydrogens is 192 g/mol. The fraction of sp³-hybridized carbons (Fsp3) is 0.800. The molecule has 5 nitrogen and oxygen atoms in total. The number of hydrogen-bond donors (Lipinski definition) is 2. The Hall–Kier alpha value is -1.26. The van der Waals surface area contributed by atoms with Crippen molar-refractivity contribution in [1.29, 1.82) is 0 Å². The number of nitrogen functional groups attached to an aromatic ring is 1.